The van der Waals surface area contributed by atoms with Crippen LogP contribution < -0.4 is 10.6 Å². The molecule has 2 heterocycles. The van der Waals surface area contributed by atoms with E-state index in [-0.39, 0.29) is 11.8 Å². The summed E-state index contributed by atoms with van der Waals surface area (Å²) in [4.78, 5) is 29.4. The monoisotopic (exact) mass is 401 g/mol. The first-order valence-corrected chi connectivity index (χ1v) is 9.93. The number of nitrogens with zero attached hydrogens (tertiary/aromatic N) is 1. The van der Waals surface area contributed by atoms with Crippen molar-refractivity contribution < 1.29 is 9.59 Å². The van der Waals surface area contributed by atoms with Crippen LogP contribution in [0.2, 0.25) is 5.02 Å². The van der Waals surface area contributed by atoms with E-state index in [2.05, 4.69) is 15.6 Å². The van der Waals surface area contributed by atoms with Gasteiger partial charge >= 0.3 is 0 Å². The zero-order chi connectivity index (χ0) is 18.1. The van der Waals surface area contributed by atoms with Crippen molar-refractivity contribution in [1.29, 1.82) is 0 Å². The summed E-state index contributed by atoms with van der Waals surface area (Å²) in [6, 6.07) is 12.7. The third-order valence-electron chi connectivity index (χ3n) is 3.75. The van der Waals surface area contributed by atoms with E-state index in [0.29, 0.717) is 32.9 Å². The molecular weight excluding hydrogens is 390 g/mol. The highest BCUT2D eigenvalue weighted by molar-refractivity contribution is 8.00. The normalized spacial score (nSPS) is 13.0. The van der Waals surface area contributed by atoms with Crippen molar-refractivity contribution in [1.82, 2.24) is 4.98 Å². The summed E-state index contributed by atoms with van der Waals surface area (Å²) < 4.78 is 0. The Kier molecular flexibility index (Phi) is 4.67. The molecule has 3 aromatic rings. The molecule has 1 aliphatic rings. The van der Waals surface area contributed by atoms with E-state index in [1.54, 1.807) is 18.2 Å². The van der Waals surface area contributed by atoms with Gasteiger partial charge < -0.3 is 5.32 Å². The number of amides is 2. The van der Waals surface area contributed by atoms with Crippen molar-refractivity contribution in [2.24, 2.45) is 0 Å². The second-order valence-electron chi connectivity index (χ2n) is 5.52. The summed E-state index contributed by atoms with van der Waals surface area (Å²) >= 11 is 8.98. The highest BCUT2D eigenvalue weighted by atomic mass is 35.5. The third kappa shape index (κ3) is 3.46. The first-order valence-electron chi connectivity index (χ1n) is 7.68. The first-order chi connectivity index (χ1) is 12.6. The number of thioether (sulfide) groups is 1. The zero-order valence-corrected chi connectivity index (χ0v) is 15.7. The molecule has 2 aromatic carbocycles. The maximum atomic E-state index is 12.5. The van der Waals surface area contributed by atoms with Crippen molar-refractivity contribution in [3.63, 3.8) is 0 Å². The number of benzene rings is 2. The van der Waals surface area contributed by atoms with Gasteiger partial charge in [-0.2, -0.15) is 0 Å². The van der Waals surface area contributed by atoms with Gasteiger partial charge in [0.15, 0.2) is 5.13 Å². The minimum absolute atomic E-state index is 0.0654. The van der Waals surface area contributed by atoms with Gasteiger partial charge in [-0.05, 0) is 24.3 Å². The van der Waals surface area contributed by atoms with Crippen molar-refractivity contribution >= 4 is 57.3 Å². The Morgan fingerprint density at radius 1 is 1.23 bits per heavy atom. The fourth-order valence-corrected chi connectivity index (χ4v) is 4.24. The van der Waals surface area contributed by atoms with E-state index < -0.39 is 0 Å². The number of carbonyl (C=O) groups excluding carboxylic acids is 2. The number of aromatic nitrogens is 1. The summed E-state index contributed by atoms with van der Waals surface area (Å²) in [5.41, 5.74) is 2.65. The van der Waals surface area contributed by atoms with E-state index in [1.807, 2.05) is 29.6 Å². The number of nitrogens with one attached hydrogen (secondary N) is 2. The van der Waals surface area contributed by atoms with Crippen molar-refractivity contribution in [2.45, 2.75) is 4.90 Å². The Hall–Kier alpha value is -2.35. The molecule has 2 amide bonds. The highest BCUT2D eigenvalue weighted by Crippen LogP contribution is 2.33. The van der Waals surface area contributed by atoms with Crippen LogP contribution in [-0.2, 0) is 4.79 Å². The number of hydrogen-bond acceptors (Lipinski definition) is 5. The number of thiazole rings is 1. The van der Waals surface area contributed by atoms with Crippen molar-refractivity contribution in [2.75, 3.05) is 16.4 Å². The summed E-state index contributed by atoms with van der Waals surface area (Å²) in [5, 5.41) is 8.52. The Morgan fingerprint density at radius 2 is 2.08 bits per heavy atom. The van der Waals surface area contributed by atoms with Gasteiger partial charge in [-0.3, -0.25) is 14.9 Å². The van der Waals surface area contributed by atoms with Gasteiger partial charge in [-0.25, -0.2) is 4.98 Å². The predicted molar refractivity (Wildman–Crippen MR) is 106 cm³/mol. The largest absolute Gasteiger partial charge is 0.324 e. The van der Waals surface area contributed by atoms with Crippen LogP contribution >= 0.6 is 34.7 Å². The number of anilines is 2. The van der Waals surface area contributed by atoms with Gasteiger partial charge in [0.05, 0.1) is 17.1 Å². The molecule has 0 saturated heterocycles. The Labute approximate surface area is 162 Å². The SMILES string of the molecule is O=C1CSc2ccc(C(=O)Nc3nc(-c4ccccc4Cl)cs3)cc2N1. The van der Waals surface area contributed by atoms with Crippen LogP contribution in [0.5, 0.6) is 0 Å². The number of halogens is 1. The summed E-state index contributed by atoms with van der Waals surface area (Å²) in [5.74, 6) is 0.0460. The minimum Gasteiger partial charge on any atom is -0.324 e. The van der Waals surface area contributed by atoms with E-state index in [4.69, 9.17) is 11.6 Å². The van der Waals surface area contributed by atoms with Crippen LogP contribution in [0.15, 0.2) is 52.7 Å². The van der Waals surface area contributed by atoms with Crippen LogP contribution in [0, 0.1) is 0 Å². The molecule has 0 saturated carbocycles. The van der Waals surface area contributed by atoms with E-state index in [0.717, 1.165) is 10.5 Å². The molecule has 4 rings (SSSR count). The Balaban J connectivity index is 1.53. The van der Waals surface area contributed by atoms with Crippen LogP contribution in [-0.4, -0.2) is 22.6 Å². The molecule has 0 aliphatic carbocycles. The Morgan fingerprint density at radius 3 is 2.92 bits per heavy atom. The molecule has 0 atom stereocenters. The molecule has 0 fully saturated rings. The molecule has 0 spiro atoms. The average molecular weight is 402 g/mol. The summed E-state index contributed by atoms with van der Waals surface area (Å²) in [6.45, 7) is 0. The van der Waals surface area contributed by atoms with E-state index in [9.17, 15) is 9.59 Å². The van der Waals surface area contributed by atoms with E-state index in [1.165, 1.54) is 23.1 Å². The van der Waals surface area contributed by atoms with Crippen molar-refractivity contribution in [3.8, 4) is 11.3 Å². The van der Waals surface area contributed by atoms with Crippen LogP contribution in [0.25, 0.3) is 11.3 Å². The second kappa shape index (κ2) is 7.11. The predicted octanol–water partition coefficient (Wildman–Crippen LogP) is 4.76. The molecule has 2 N–H and O–H groups in total. The van der Waals surface area contributed by atoms with Gasteiger partial charge in [-0.15, -0.1) is 23.1 Å². The van der Waals surface area contributed by atoms with Crippen LogP contribution in [0.3, 0.4) is 0 Å². The minimum atomic E-state index is -0.280. The van der Waals surface area contributed by atoms with Crippen molar-refractivity contribution in [3.05, 3.63) is 58.4 Å². The molecule has 8 heteroatoms. The molecule has 0 radical (unpaired) electrons. The quantitative estimate of drug-likeness (QED) is 0.663. The zero-order valence-electron chi connectivity index (χ0n) is 13.3. The molecule has 0 unspecified atom stereocenters. The van der Waals surface area contributed by atoms with Crippen LogP contribution in [0.4, 0.5) is 10.8 Å². The van der Waals surface area contributed by atoms with Gasteiger partial charge in [-0.1, -0.05) is 29.8 Å². The number of rotatable bonds is 3. The molecule has 0 bridgehead atoms. The average Bonchev–Trinajstić information content (AvgIpc) is 3.09. The maximum Gasteiger partial charge on any atom is 0.257 e. The maximum absolute atomic E-state index is 12.5. The lowest BCUT2D eigenvalue weighted by Gasteiger charge is -2.16. The lowest BCUT2D eigenvalue weighted by Crippen LogP contribution is -2.19. The van der Waals surface area contributed by atoms with E-state index >= 15 is 0 Å². The lowest BCUT2D eigenvalue weighted by atomic mass is 10.2. The number of hydrogen-bond donors (Lipinski definition) is 2. The summed E-state index contributed by atoms with van der Waals surface area (Å²) in [6.07, 6.45) is 0. The topological polar surface area (TPSA) is 71.1 Å². The highest BCUT2D eigenvalue weighted by Gasteiger charge is 2.18. The molecule has 130 valence electrons. The fraction of sp³-hybridized carbons (Fsp3) is 0.0556. The number of fused-ring (bicyclic) bond motifs is 1. The molecular formula is C18H12ClN3O2S2. The van der Waals surface area contributed by atoms with Gasteiger partial charge in [0.2, 0.25) is 5.91 Å². The second-order valence-corrected chi connectivity index (χ2v) is 7.80. The summed E-state index contributed by atoms with van der Waals surface area (Å²) in [7, 11) is 0. The first kappa shape index (κ1) is 17.1. The van der Waals surface area contributed by atoms with Crippen LogP contribution in [0.1, 0.15) is 10.4 Å². The molecule has 5 nitrogen and oxygen atoms in total. The molecule has 1 aromatic heterocycles. The van der Waals surface area contributed by atoms with Gasteiger partial charge in [0, 0.05) is 26.4 Å². The Bertz CT molecular complexity index is 1020. The third-order valence-corrected chi connectivity index (χ3v) is 5.91. The molecule has 1 aliphatic heterocycles. The molecule has 26 heavy (non-hydrogen) atoms. The van der Waals surface area contributed by atoms with Gasteiger partial charge in [0.1, 0.15) is 0 Å². The number of carbonyl (C=O) groups is 2. The smallest absolute Gasteiger partial charge is 0.257 e. The lowest BCUT2D eigenvalue weighted by molar-refractivity contribution is -0.113. The fourth-order valence-electron chi connectivity index (χ4n) is 2.52. The standard InChI is InChI=1S/C18H12ClN3O2S2/c19-12-4-2-1-3-11(12)14-8-26-18(21-14)22-17(24)10-5-6-15-13(7-10)20-16(23)9-25-15/h1-8H,9H2,(H,20,23)(H,21,22,24). The van der Waals surface area contributed by atoms with Gasteiger partial charge in [0.25, 0.3) is 5.91 Å².